The van der Waals surface area contributed by atoms with Gasteiger partial charge in [0.25, 0.3) is 5.22 Å². The van der Waals surface area contributed by atoms with Gasteiger partial charge in [0.1, 0.15) is 5.52 Å². The molecule has 1 heterocycles. The predicted molar refractivity (Wildman–Crippen MR) is 50.2 cm³/mol. The van der Waals surface area contributed by atoms with Crippen LogP contribution < -0.4 is 5.73 Å². The van der Waals surface area contributed by atoms with E-state index in [2.05, 4.69) is 4.98 Å². The van der Waals surface area contributed by atoms with Gasteiger partial charge in [-0.3, -0.25) is 0 Å². The third-order valence-corrected chi connectivity index (χ3v) is 2.12. The minimum atomic E-state index is 0.639. The molecule has 0 aliphatic heterocycles. The number of thioether (sulfide) groups is 1. The van der Waals surface area contributed by atoms with E-state index in [0.29, 0.717) is 16.5 Å². The Morgan fingerprint density at radius 3 is 3.00 bits per heavy atom. The summed E-state index contributed by atoms with van der Waals surface area (Å²) in [5.74, 6) is 0. The zero-order chi connectivity index (χ0) is 8.55. The lowest BCUT2D eigenvalue weighted by Crippen LogP contribution is -1.82. The number of para-hydroxylation sites is 1. The van der Waals surface area contributed by atoms with Crippen LogP contribution in [0.4, 0.5) is 5.69 Å². The number of hydrogen-bond acceptors (Lipinski definition) is 4. The first kappa shape index (κ1) is 7.49. The second-order valence-corrected chi connectivity index (χ2v) is 3.14. The fourth-order valence-corrected chi connectivity index (χ4v) is 1.39. The number of hydrogen-bond donors (Lipinski definition) is 1. The summed E-state index contributed by atoms with van der Waals surface area (Å²) in [7, 11) is 0. The van der Waals surface area contributed by atoms with E-state index in [0.717, 1.165) is 5.52 Å². The summed E-state index contributed by atoms with van der Waals surface area (Å²) in [6, 6.07) is 5.55. The van der Waals surface area contributed by atoms with E-state index >= 15 is 0 Å². The highest BCUT2D eigenvalue weighted by atomic mass is 32.2. The van der Waals surface area contributed by atoms with E-state index in [1.807, 2.05) is 18.4 Å². The third kappa shape index (κ3) is 1.04. The molecule has 62 valence electrons. The molecule has 0 unspecified atom stereocenters. The molecular weight excluding hydrogens is 172 g/mol. The summed E-state index contributed by atoms with van der Waals surface area (Å²) in [6.07, 6.45) is 1.92. The van der Waals surface area contributed by atoms with Crippen molar-refractivity contribution in [1.82, 2.24) is 4.98 Å². The molecule has 0 radical (unpaired) electrons. The minimum Gasteiger partial charge on any atom is -0.429 e. The highest BCUT2D eigenvalue weighted by Gasteiger charge is 2.05. The predicted octanol–water partition coefficient (Wildman–Crippen LogP) is 2.13. The van der Waals surface area contributed by atoms with Crippen LogP contribution in [0.3, 0.4) is 0 Å². The highest BCUT2D eigenvalue weighted by Crippen LogP contribution is 2.25. The Kier molecular flexibility index (Phi) is 1.69. The summed E-state index contributed by atoms with van der Waals surface area (Å²) in [5.41, 5.74) is 7.82. The summed E-state index contributed by atoms with van der Waals surface area (Å²) >= 11 is 1.47. The van der Waals surface area contributed by atoms with Gasteiger partial charge in [-0.15, -0.1) is 0 Å². The smallest absolute Gasteiger partial charge is 0.256 e. The molecule has 0 saturated carbocycles. The van der Waals surface area contributed by atoms with Crippen molar-refractivity contribution >= 4 is 28.5 Å². The Balaban J connectivity index is 2.74. The van der Waals surface area contributed by atoms with Gasteiger partial charge in [0.2, 0.25) is 0 Å². The van der Waals surface area contributed by atoms with E-state index in [1.165, 1.54) is 11.8 Å². The van der Waals surface area contributed by atoms with Crippen molar-refractivity contribution in [3.05, 3.63) is 18.2 Å². The molecule has 2 rings (SSSR count). The van der Waals surface area contributed by atoms with Crippen LogP contribution in [0.1, 0.15) is 0 Å². The number of nitrogen functional groups attached to an aromatic ring is 1. The van der Waals surface area contributed by atoms with Gasteiger partial charge in [0.15, 0.2) is 5.58 Å². The molecule has 1 aromatic carbocycles. The van der Waals surface area contributed by atoms with Gasteiger partial charge in [-0.1, -0.05) is 17.8 Å². The van der Waals surface area contributed by atoms with Crippen molar-refractivity contribution in [3.8, 4) is 0 Å². The van der Waals surface area contributed by atoms with Gasteiger partial charge in [-0.25, -0.2) is 4.98 Å². The topological polar surface area (TPSA) is 52.0 Å². The van der Waals surface area contributed by atoms with Crippen molar-refractivity contribution in [1.29, 1.82) is 0 Å². The van der Waals surface area contributed by atoms with E-state index in [4.69, 9.17) is 10.2 Å². The van der Waals surface area contributed by atoms with Crippen molar-refractivity contribution in [2.24, 2.45) is 0 Å². The van der Waals surface area contributed by atoms with Gasteiger partial charge in [-0.05, 0) is 18.4 Å². The van der Waals surface area contributed by atoms with E-state index in [-0.39, 0.29) is 0 Å². The normalized spacial score (nSPS) is 10.8. The Bertz CT molecular complexity index is 410. The van der Waals surface area contributed by atoms with Crippen molar-refractivity contribution in [2.45, 2.75) is 5.22 Å². The van der Waals surface area contributed by atoms with Gasteiger partial charge in [0.05, 0.1) is 5.69 Å². The van der Waals surface area contributed by atoms with Crippen LogP contribution in [-0.2, 0) is 0 Å². The SMILES string of the molecule is CSc1nc2cccc(N)c2o1. The summed E-state index contributed by atoms with van der Waals surface area (Å²) in [5, 5.41) is 0.655. The lowest BCUT2D eigenvalue weighted by atomic mass is 10.3. The van der Waals surface area contributed by atoms with Crippen LogP contribution in [0.15, 0.2) is 27.8 Å². The van der Waals surface area contributed by atoms with Crippen LogP contribution in [-0.4, -0.2) is 11.2 Å². The molecule has 0 aliphatic carbocycles. The molecule has 2 aromatic rings. The zero-order valence-corrected chi connectivity index (χ0v) is 7.39. The van der Waals surface area contributed by atoms with E-state index in [1.54, 1.807) is 6.07 Å². The Morgan fingerprint density at radius 2 is 2.33 bits per heavy atom. The molecule has 3 nitrogen and oxygen atoms in total. The van der Waals surface area contributed by atoms with Gasteiger partial charge in [-0.2, -0.15) is 0 Å². The molecule has 0 fully saturated rings. The number of nitrogens with two attached hydrogens (primary N) is 1. The second-order valence-electron chi connectivity index (χ2n) is 2.38. The molecule has 0 bridgehead atoms. The van der Waals surface area contributed by atoms with Crippen LogP contribution in [0.25, 0.3) is 11.1 Å². The van der Waals surface area contributed by atoms with Gasteiger partial charge >= 0.3 is 0 Å². The number of fused-ring (bicyclic) bond motifs is 1. The summed E-state index contributed by atoms with van der Waals surface area (Å²) in [4.78, 5) is 4.21. The average Bonchev–Trinajstić information content (AvgIpc) is 2.49. The average molecular weight is 180 g/mol. The molecule has 4 heteroatoms. The lowest BCUT2D eigenvalue weighted by molar-refractivity contribution is 0.491. The first-order chi connectivity index (χ1) is 5.81. The summed E-state index contributed by atoms with van der Waals surface area (Å²) < 4.78 is 5.37. The second kappa shape index (κ2) is 2.71. The first-order valence-corrected chi connectivity index (χ1v) is 4.73. The molecular formula is C8H8N2OS. The van der Waals surface area contributed by atoms with Crippen LogP contribution in [0.2, 0.25) is 0 Å². The van der Waals surface area contributed by atoms with Crippen LogP contribution in [0.5, 0.6) is 0 Å². The molecule has 0 atom stereocenters. The number of aromatic nitrogens is 1. The Hall–Kier alpha value is -1.16. The maximum atomic E-state index is 5.68. The van der Waals surface area contributed by atoms with E-state index in [9.17, 15) is 0 Å². The van der Waals surface area contributed by atoms with Crippen molar-refractivity contribution in [2.75, 3.05) is 12.0 Å². The van der Waals surface area contributed by atoms with Crippen molar-refractivity contribution in [3.63, 3.8) is 0 Å². The lowest BCUT2D eigenvalue weighted by Gasteiger charge is -1.89. The van der Waals surface area contributed by atoms with E-state index < -0.39 is 0 Å². The first-order valence-electron chi connectivity index (χ1n) is 3.50. The number of nitrogens with zero attached hydrogens (tertiary/aromatic N) is 1. The van der Waals surface area contributed by atoms with Crippen LogP contribution in [0, 0.1) is 0 Å². The van der Waals surface area contributed by atoms with Gasteiger partial charge < -0.3 is 10.2 Å². The molecule has 0 aliphatic rings. The maximum absolute atomic E-state index is 5.68. The fourth-order valence-electron chi connectivity index (χ4n) is 1.04. The molecule has 0 amide bonds. The van der Waals surface area contributed by atoms with Crippen molar-refractivity contribution < 1.29 is 4.42 Å². The Morgan fingerprint density at radius 1 is 1.50 bits per heavy atom. The van der Waals surface area contributed by atoms with Crippen LogP contribution >= 0.6 is 11.8 Å². The summed E-state index contributed by atoms with van der Waals surface area (Å²) in [6.45, 7) is 0. The monoisotopic (exact) mass is 180 g/mol. The number of rotatable bonds is 1. The Labute approximate surface area is 74.0 Å². The number of benzene rings is 1. The fraction of sp³-hybridized carbons (Fsp3) is 0.125. The number of anilines is 1. The maximum Gasteiger partial charge on any atom is 0.256 e. The molecule has 2 N–H and O–H groups in total. The zero-order valence-electron chi connectivity index (χ0n) is 6.57. The quantitative estimate of drug-likeness (QED) is 0.539. The molecule has 1 aromatic heterocycles. The third-order valence-electron chi connectivity index (χ3n) is 1.60. The molecule has 12 heavy (non-hydrogen) atoms. The number of oxazole rings is 1. The minimum absolute atomic E-state index is 0.639. The standard InChI is InChI=1S/C8H8N2OS/c1-12-8-10-6-4-2-3-5(9)7(6)11-8/h2-4H,9H2,1H3. The largest absolute Gasteiger partial charge is 0.429 e. The van der Waals surface area contributed by atoms with Gasteiger partial charge in [0, 0.05) is 0 Å². The highest BCUT2D eigenvalue weighted by molar-refractivity contribution is 7.98. The molecule has 0 saturated heterocycles. The molecule has 0 spiro atoms.